The standard InChI is InChI=1S/C14H19NO4/c1-8-4-5-11(18-2)12(13(8)19-3)10-6-9(7-15-10)14(16)17/h4-5,9-10,15H,6-7H2,1-3H3,(H,16,17). The molecule has 5 nitrogen and oxygen atoms in total. The maximum atomic E-state index is 11.1. The van der Waals surface area contributed by atoms with Crippen LogP contribution in [0.15, 0.2) is 12.1 Å². The fraction of sp³-hybridized carbons (Fsp3) is 0.500. The van der Waals surface area contributed by atoms with Crippen LogP contribution < -0.4 is 14.8 Å². The number of nitrogens with one attached hydrogen (secondary N) is 1. The second kappa shape index (κ2) is 5.48. The highest BCUT2D eigenvalue weighted by atomic mass is 16.5. The van der Waals surface area contributed by atoms with Crippen LogP contribution in [0.2, 0.25) is 0 Å². The molecule has 1 aromatic rings. The number of carboxylic acids is 1. The van der Waals surface area contributed by atoms with Crippen molar-refractivity contribution < 1.29 is 19.4 Å². The van der Waals surface area contributed by atoms with Crippen LogP contribution in [-0.4, -0.2) is 31.8 Å². The van der Waals surface area contributed by atoms with E-state index in [0.717, 1.165) is 22.6 Å². The van der Waals surface area contributed by atoms with Gasteiger partial charge in [0.05, 0.1) is 25.7 Å². The lowest BCUT2D eigenvalue weighted by atomic mass is 9.96. The maximum Gasteiger partial charge on any atom is 0.307 e. The van der Waals surface area contributed by atoms with E-state index >= 15 is 0 Å². The summed E-state index contributed by atoms with van der Waals surface area (Å²) in [5, 5.41) is 12.3. The first-order chi connectivity index (χ1) is 9.08. The Balaban J connectivity index is 2.38. The number of aryl methyl sites for hydroxylation is 1. The molecule has 2 N–H and O–H groups in total. The predicted octanol–water partition coefficient (Wildman–Crippen LogP) is 1.75. The highest BCUT2D eigenvalue weighted by Gasteiger charge is 2.33. The Morgan fingerprint density at radius 3 is 2.63 bits per heavy atom. The molecule has 0 bridgehead atoms. The first-order valence-corrected chi connectivity index (χ1v) is 6.26. The molecular weight excluding hydrogens is 246 g/mol. The van der Waals surface area contributed by atoms with Gasteiger partial charge in [-0.05, 0) is 25.0 Å². The summed E-state index contributed by atoms with van der Waals surface area (Å²) in [5.74, 6) is 0.370. The second-order valence-electron chi connectivity index (χ2n) is 4.76. The van der Waals surface area contributed by atoms with Crippen molar-refractivity contribution in [3.8, 4) is 11.5 Å². The van der Waals surface area contributed by atoms with Gasteiger partial charge in [0.25, 0.3) is 0 Å². The topological polar surface area (TPSA) is 67.8 Å². The zero-order valence-corrected chi connectivity index (χ0v) is 11.4. The van der Waals surface area contributed by atoms with E-state index in [9.17, 15) is 4.79 Å². The van der Waals surface area contributed by atoms with E-state index in [4.69, 9.17) is 14.6 Å². The first kappa shape index (κ1) is 13.7. The normalized spacial score (nSPS) is 22.3. The number of carbonyl (C=O) groups is 1. The molecule has 0 aromatic heterocycles. The van der Waals surface area contributed by atoms with Gasteiger partial charge in [-0.2, -0.15) is 0 Å². The molecule has 1 heterocycles. The third-order valence-electron chi connectivity index (χ3n) is 3.61. The number of methoxy groups -OCH3 is 2. The summed E-state index contributed by atoms with van der Waals surface area (Å²) < 4.78 is 10.8. The average Bonchev–Trinajstić information content (AvgIpc) is 2.87. The monoisotopic (exact) mass is 265 g/mol. The molecule has 0 saturated carbocycles. The summed E-state index contributed by atoms with van der Waals surface area (Å²) >= 11 is 0. The second-order valence-corrected chi connectivity index (χ2v) is 4.76. The van der Waals surface area contributed by atoms with Crippen LogP contribution in [0.3, 0.4) is 0 Å². The zero-order valence-electron chi connectivity index (χ0n) is 11.4. The minimum absolute atomic E-state index is 0.0501. The molecule has 104 valence electrons. The van der Waals surface area contributed by atoms with E-state index in [1.165, 1.54) is 0 Å². The van der Waals surface area contributed by atoms with Crippen LogP contribution >= 0.6 is 0 Å². The van der Waals surface area contributed by atoms with Crippen LogP contribution in [0.4, 0.5) is 0 Å². The largest absolute Gasteiger partial charge is 0.496 e. The van der Waals surface area contributed by atoms with E-state index in [-0.39, 0.29) is 12.0 Å². The third kappa shape index (κ3) is 2.51. The van der Waals surface area contributed by atoms with E-state index in [2.05, 4.69) is 5.32 Å². The molecule has 0 spiro atoms. The molecule has 0 aliphatic carbocycles. The van der Waals surface area contributed by atoms with Crippen molar-refractivity contribution in [1.82, 2.24) is 5.32 Å². The molecule has 1 aliphatic heterocycles. The fourth-order valence-electron chi connectivity index (χ4n) is 2.61. The van der Waals surface area contributed by atoms with Crippen molar-refractivity contribution in [3.05, 3.63) is 23.3 Å². The highest BCUT2D eigenvalue weighted by Crippen LogP contribution is 2.41. The van der Waals surface area contributed by atoms with Crippen molar-refractivity contribution in [2.24, 2.45) is 5.92 Å². The Hall–Kier alpha value is -1.75. The van der Waals surface area contributed by atoms with Crippen molar-refractivity contribution >= 4 is 5.97 Å². The molecule has 0 radical (unpaired) electrons. The highest BCUT2D eigenvalue weighted by molar-refractivity contribution is 5.71. The number of hydrogen-bond donors (Lipinski definition) is 2. The number of aliphatic carboxylic acids is 1. The van der Waals surface area contributed by atoms with Crippen molar-refractivity contribution in [2.45, 2.75) is 19.4 Å². The van der Waals surface area contributed by atoms with Gasteiger partial charge in [0.2, 0.25) is 0 Å². The summed E-state index contributed by atoms with van der Waals surface area (Å²) in [6.07, 6.45) is 0.547. The molecule has 0 amide bonds. The van der Waals surface area contributed by atoms with Gasteiger partial charge in [0.15, 0.2) is 0 Å². The van der Waals surface area contributed by atoms with Crippen molar-refractivity contribution in [2.75, 3.05) is 20.8 Å². The Morgan fingerprint density at radius 2 is 2.11 bits per heavy atom. The van der Waals surface area contributed by atoms with Gasteiger partial charge in [-0.3, -0.25) is 4.79 Å². The SMILES string of the molecule is COc1ccc(C)c(OC)c1C1CC(C(=O)O)CN1. The number of carboxylic acid groups (broad SMARTS) is 1. The Kier molecular flexibility index (Phi) is 3.95. The van der Waals surface area contributed by atoms with Gasteiger partial charge < -0.3 is 19.9 Å². The molecule has 1 aromatic carbocycles. The lowest BCUT2D eigenvalue weighted by Crippen LogP contribution is -2.18. The maximum absolute atomic E-state index is 11.1. The summed E-state index contributed by atoms with van der Waals surface area (Å²) in [6.45, 7) is 2.44. The van der Waals surface area contributed by atoms with Crippen LogP contribution in [-0.2, 0) is 4.79 Å². The quantitative estimate of drug-likeness (QED) is 0.868. The number of ether oxygens (including phenoxy) is 2. The lowest BCUT2D eigenvalue weighted by Gasteiger charge is -2.20. The fourth-order valence-corrected chi connectivity index (χ4v) is 2.61. The van der Waals surface area contributed by atoms with E-state index in [0.29, 0.717) is 13.0 Å². The van der Waals surface area contributed by atoms with Crippen LogP contribution in [0, 0.1) is 12.8 Å². The van der Waals surface area contributed by atoms with Gasteiger partial charge in [-0.25, -0.2) is 0 Å². The first-order valence-electron chi connectivity index (χ1n) is 6.26. The summed E-state index contributed by atoms with van der Waals surface area (Å²) in [5.41, 5.74) is 1.92. The van der Waals surface area contributed by atoms with Crippen LogP contribution in [0.25, 0.3) is 0 Å². The number of benzene rings is 1. The summed E-state index contributed by atoms with van der Waals surface area (Å²) in [7, 11) is 3.23. The van der Waals surface area contributed by atoms with Crippen molar-refractivity contribution in [1.29, 1.82) is 0 Å². The Labute approximate surface area is 112 Å². The van der Waals surface area contributed by atoms with Crippen molar-refractivity contribution in [3.63, 3.8) is 0 Å². The van der Waals surface area contributed by atoms with E-state index in [1.54, 1.807) is 14.2 Å². The van der Waals surface area contributed by atoms with Gasteiger partial charge in [0, 0.05) is 12.6 Å². The van der Waals surface area contributed by atoms with Crippen LogP contribution in [0.1, 0.15) is 23.6 Å². The van der Waals surface area contributed by atoms with Crippen LogP contribution in [0.5, 0.6) is 11.5 Å². The summed E-state index contributed by atoms with van der Waals surface area (Å²) in [6, 6.07) is 3.78. The molecule has 2 atom stereocenters. The molecule has 1 fully saturated rings. The molecule has 2 unspecified atom stereocenters. The predicted molar refractivity (Wildman–Crippen MR) is 70.8 cm³/mol. The third-order valence-corrected chi connectivity index (χ3v) is 3.61. The van der Waals surface area contributed by atoms with E-state index < -0.39 is 5.97 Å². The average molecular weight is 265 g/mol. The van der Waals surface area contributed by atoms with Gasteiger partial charge in [0.1, 0.15) is 11.5 Å². The zero-order chi connectivity index (χ0) is 14.0. The van der Waals surface area contributed by atoms with Gasteiger partial charge in [-0.1, -0.05) is 6.07 Å². The number of rotatable bonds is 4. The lowest BCUT2D eigenvalue weighted by molar-refractivity contribution is -0.141. The van der Waals surface area contributed by atoms with E-state index in [1.807, 2.05) is 19.1 Å². The molecule has 19 heavy (non-hydrogen) atoms. The number of hydrogen-bond acceptors (Lipinski definition) is 4. The van der Waals surface area contributed by atoms with Gasteiger partial charge >= 0.3 is 5.97 Å². The Morgan fingerprint density at radius 1 is 1.37 bits per heavy atom. The molecule has 1 saturated heterocycles. The smallest absolute Gasteiger partial charge is 0.307 e. The Bertz CT molecular complexity index is 487. The minimum Gasteiger partial charge on any atom is -0.496 e. The summed E-state index contributed by atoms with van der Waals surface area (Å²) in [4.78, 5) is 11.1. The molecule has 2 rings (SSSR count). The molecule has 1 aliphatic rings. The molecular formula is C14H19NO4. The molecule has 5 heteroatoms. The van der Waals surface area contributed by atoms with Gasteiger partial charge in [-0.15, -0.1) is 0 Å². The minimum atomic E-state index is -0.763.